The highest BCUT2D eigenvalue weighted by molar-refractivity contribution is 5.93. The van der Waals surface area contributed by atoms with Crippen LogP contribution in [0.5, 0.6) is 23.0 Å². The molecule has 1 fully saturated rings. The third-order valence-corrected chi connectivity index (χ3v) is 6.28. The molecule has 34 heavy (non-hydrogen) atoms. The Kier molecular flexibility index (Phi) is 8.10. The minimum Gasteiger partial charge on any atom is -0.508 e. The lowest BCUT2D eigenvalue weighted by atomic mass is 9.93. The molecule has 178 valence electrons. The van der Waals surface area contributed by atoms with Gasteiger partial charge in [-0.15, -0.1) is 0 Å². The molecule has 5 heteroatoms. The molecule has 0 spiro atoms. The third-order valence-electron chi connectivity index (χ3n) is 6.28. The van der Waals surface area contributed by atoms with Crippen LogP contribution < -0.4 is 9.47 Å². The lowest BCUT2D eigenvalue weighted by molar-refractivity contribution is 0.183. The quantitative estimate of drug-likeness (QED) is 0.492. The monoisotopic (exact) mass is 459 g/mol. The molecule has 0 bridgehead atoms. The van der Waals surface area contributed by atoms with Gasteiger partial charge in [-0.1, -0.05) is 36.8 Å². The highest BCUT2D eigenvalue weighted by atomic mass is 16.5. The number of likely N-dealkylation sites (tertiary alicyclic amines) is 1. The number of nitrogens with zero attached hydrogens (tertiary/aromatic N) is 1. The molecule has 0 radical (unpaired) electrons. The lowest BCUT2D eigenvalue weighted by Gasteiger charge is -2.26. The van der Waals surface area contributed by atoms with Crippen LogP contribution in [0.2, 0.25) is 0 Å². The highest BCUT2D eigenvalue weighted by Gasteiger charge is 2.18. The van der Waals surface area contributed by atoms with Gasteiger partial charge in [-0.25, -0.2) is 0 Å². The summed E-state index contributed by atoms with van der Waals surface area (Å²) in [5, 5.41) is 18.8. The molecule has 0 aliphatic carbocycles. The van der Waals surface area contributed by atoms with Gasteiger partial charge in [0, 0.05) is 23.7 Å². The number of para-hydroxylation sites is 1. The van der Waals surface area contributed by atoms with Crippen molar-refractivity contribution >= 4 is 11.1 Å². The average Bonchev–Trinajstić information content (AvgIpc) is 2.87. The number of hydrogen-bond donors (Lipinski definition) is 2. The molecule has 5 nitrogen and oxygen atoms in total. The molecule has 0 aromatic heterocycles. The van der Waals surface area contributed by atoms with Gasteiger partial charge in [0.15, 0.2) is 0 Å². The second kappa shape index (κ2) is 11.6. The largest absolute Gasteiger partial charge is 0.508 e. The van der Waals surface area contributed by atoms with E-state index in [9.17, 15) is 10.2 Å². The number of ether oxygens (including phenoxy) is 2. The molecule has 3 aromatic carbocycles. The van der Waals surface area contributed by atoms with E-state index in [1.54, 1.807) is 24.3 Å². The topological polar surface area (TPSA) is 62.2 Å². The van der Waals surface area contributed by atoms with Gasteiger partial charge >= 0.3 is 0 Å². The number of benzene rings is 3. The molecule has 2 N–H and O–H groups in total. The molecule has 5 rings (SSSR count). The Balaban J connectivity index is 0.000000166. The Bertz CT molecular complexity index is 1090. The first-order valence-electron chi connectivity index (χ1n) is 12.0. The molecule has 0 saturated carbocycles. The zero-order valence-corrected chi connectivity index (χ0v) is 19.7. The van der Waals surface area contributed by atoms with Crippen molar-refractivity contribution in [2.45, 2.75) is 26.2 Å². The van der Waals surface area contributed by atoms with E-state index in [1.165, 1.54) is 32.4 Å². The molecule has 1 saturated heterocycles. The van der Waals surface area contributed by atoms with Gasteiger partial charge in [0.05, 0.1) is 0 Å². The van der Waals surface area contributed by atoms with Crippen molar-refractivity contribution in [3.63, 3.8) is 0 Å². The SMILES string of the molecule is CC1=C(c2ccc(O)cc2)COc2cc(O)ccc21.c1ccc(OCCN2CCCCC2)cc1. The summed E-state index contributed by atoms with van der Waals surface area (Å²) in [6.45, 7) is 6.88. The van der Waals surface area contributed by atoms with Gasteiger partial charge in [-0.05, 0) is 80.4 Å². The number of aromatic hydroxyl groups is 2. The smallest absolute Gasteiger partial charge is 0.130 e. The summed E-state index contributed by atoms with van der Waals surface area (Å²) < 4.78 is 11.4. The van der Waals surface area contributed by atoms with Crippen LogP contribution >= 0.6 is 0 Å². The van der Waals surface area contributed by atoms with E-state index in [-0.39, 0.29) is 11.5 Å². The fraction of sp³-hybridized carbons (Fsp3) is 0.310. The Morgan fingerprint density at radius 2 is 1.56 bits per heavy atom. The predicted octanol–water partition coefficient (Wildman–Crippen LogP) is 5.97. The Morgan fingerprint density at radius 1 is 0.853 bits per heavy atom. The van der Waals surface area contributed by atoms with Gasteiger partial charge < -0.3 is 19.7 Å². The predicted molar refractivity (Wildman–Crippen MR) is 136 cm³/mol. The van der Waals surface area contributed by atoms with E-state index < -0.39 is 0 Å². The number of piperidine rings is 1. The van der Waals surface area contributed by atoms with Gasteiger partial charge in [-0.2, -0.15) is 0 Å². The molecule has 0 unspecified atom stereocenters. The van der Waals surface area contributed by atoms with Crippen molar-refractivity contribution in [1.82, 2.24) is 4.90 Å². The molecule has 2 heterocycles. The average molecular weight is 460 g/mol. The summed E-state index contributed by atoms with van der Waals surface area (Å²) in [5.74, 6) is 2.15. The van der Waals surface area contributed by atoms with E-state index in [1.807, 2.05) is 55.5 Å². The Hall–Kier alpha value is -3.44. The van der Waals surface area contributed by atoms with Gasteiger partial charge in [0.1, 0.15) is 36.2 Å². The second-order valence-electron chi connectivity index (χ2n) is 8.68. The zero-order valence-electron chi connectivity index (χ0n) is 19.7. The fourth-order valence-corrected chi connectivity index (χ4v) is 4.32. The van der Waals surface area contributed by atoms with Crippen LogP contribution in [-0.4, -0.2) is 48.0 Å². The minimum atomic E-state index is 0.208. The van der Waals surface area contributed by atoms with Crippen LogP contribution in [0.3, 0.4) is 0 Å². The maximum Gasteiger partial charge on any atom is 0.130 e. The second-order valence-corrected chi connectivity index (χ2v) is 8.68. The Labute approximate surface area is 201 Å². The minimum absolute atomic E-state index is 0.208. The van der Waals surface area contributed by atoms with Crippen molar-refractivity contribution in [2.24, 2.45) is 0 Å². The molecular weight excluding hydrogens is 426 g/mol. The van der Waals surface area contributed by atoms with Crippen molar-refractivity contribution in [3.8, 4) is 23.0 Å². The molecule has 0 atom stereocenters. The van der Waals surface area contributed by atoms with Crippen molar-refractivity contribution in [2.75, 3.05) is 32.8 Å². The van der Waals surface area contributed by atoms with E-state index in [4.69, 9.17) is 9.47 Å². The van der Waals surface area contributed by atoms with Gasteiger partial charge in [0.25, 0.3) is 0 Å². The Morgan fingerprint density at radius 3 is 2.29 bits per heavy atom. The van der Waals surface area contributed by atoms with Crippen molar-refractivity contribution in [3.05, 3.63) is 83.9 Å². The number of hydrogen-bond acceptors (Lipinski definition) is 5. The molecule has 0 amide bonds. The molecule has 3 aromatic rings. The number of phenolic OH excluding ortho intramolecular Hbond substituents is 2. The lowest BCUT2D eigenvalue weighted by Crippen LogP contribution is -2.33. The van der Waals surface area contributed by atoms with Crippen LogP contribution in [0.25, 0.3) is 11.1 Å². The summed E-state index contributed by atoms with van der Waals surface area (Å²) in [5.41, 5.74) is 4.26. The van der Waals surface area contributed by atoms with E-state index in [0.717, 1.165) is 41.2 Å². The van der Waals surface area contributed by atoms with E-state index in [0.29, 0.717) is 12.4 Å². The number of phenols is 2. The maximum atomic E-state index is 9.46. The third kappa shape index (κ3) is 6.33. The summed E-state index contributed by atoms with van der Waals surface area (Å²) in [6, 6.07) is 22.3. The fourth-order valence-electron chi connectivity index (χ4n) is 4.32. The highest BCUT2D eigenvalue weighted by Crippen LogP contribution is 2.38. The normalized spacial score (nSPS) is 15.6. The summed E-state index contributed by atoms with van der Waals surface area (Å²) in [6.07, 6.45) is 4.10. The van der Waals surface area contributed by atoms with Crippen LogP contribution in [0.1, 0.15) is 37.3 Å². The molecule has 2 aliphatic rings. The van der Waals surface area contributed by atoms with Crippen molar-refractivity contribution in [1.29, 1.82) is 0 Å². The number of allylic oxidation sites excluding steroid dienone is 1. The molecule has 2 aliphatic heterocycles. The van der Waals surface area contributed by atoms with E-state index >= 15 is 0 Å². The first-order valence-corrected chi connectivity index (χ1v) is 12.0. The van der Waals surface area contributed by atoms with Crippen LogP contribution in [-0.2, 0) is 0 Å². The summed E-state index contributed by atoms with van der Waals surface area (Å²) >= 11 is 0. The van der Waals surface area contributed by atoms with Crippen LogP contribution in [0.4, 0.5) is 0 Å². The first-order chi connectivity index (χ1) is 16.6. The molecular formula is C29H33NO4. The van der Waals surface area contributed by atoms with Crippen LogP contribution in [0.15, 0.2) is 72.8 Å². The van der Waals surface area contributed by atoms with Crippen molar-refractivity contribution < 1.29 is 19.7 Å². The number of fused-ring (bicyclic) bond motifs is 1. The zero-order chi connectivity index (χ0) is 23.8. The first kappa shape index (κ1) is 23.7. The standard InChI is InChI=1S/C16H14O3.C13H19NO/c1-10-14-7-6-13(18)8-16(14)19-9-15(10)11-2-4-12(17)5-3-11;1-3-7-13(8-4-1)15-12-11-14-9-5-2-6-10-14/h2-8,17-18H,9H2,1H3;1,3-4,7-8H,2,5-6,9-12H2. The maximum absolute atomic E-state index is 9.46. The summed E-state index contributed by atoms with van der Waals surface area (Å²) in [7, 11) is 0. The van der Waals surface area contributed by atoms with E-state index in [2.05, 4.69) is 4.90 Å². The van der Waals surface area contributed by atoms with Gasteiger partial charge in [0.2, 0.25) is 0 Å². The van der Waals surface area contributed by atoms with Gasteiger partial charge in [-0.3, -0.25) is 4.90 Å². The number of rotatable bonds is 5. The van der Waals surface area contributed by atoms with Crippen LogP contribution in [0, 0.1) is 0 Å². The summed E-state index contributed by atoms with van der Waals surface area (Å²) in [4.78, 5) is 2.49.